The van der Waals surface area contributed by atoms with Gasteiger partial charge in [0.05, 0.1) is 24.9 Å². The number of aliphatic hydroxyl groups is 2. The molecule has 0 amide bonds. The van der Waals surface area contributed by atoms with Crippen LogP contribution in [-0.2, 0) is 11.3 Å². The van der Waals surface area contributed by atoms with Gasteiger partial charge in [0.15, 0.2) is 0 Å². The first-order chi connectivity index (χ1) is 13.4. The molecule has 1 aliphatic rings. The van der Waals surface area contributed by atoms with Crippen LogP contribution >= 0.6 is 0 Å². The fourth-order valence-electron chi connectivity index (χ4n) is 3.33. The van der Waals surface area contributed by atoms with Crippen molar-refractivity contribution in [3.05, 3.63) is 44.5 Å². The van der Waals surface area contributed by atoms with E-state index in [1.807, 2.05) is 0 Å². The van der Waals surface area contributed by atoms with Gasteiger partial charge in [-0.05, 0) is 13.3 Å². The van der Waals surface area contributed by atoms with Gasteiger partial charge >= 0.3 is 5.69 Å². The Bertz CT molecular complexity index is 904. The van der Waals surface area contributed by atoms with Gasteiger partial charge < -0.3 is 14.9 Å². The van der Waals surface area contributed by atoms with E-state index in [4.69, 9.17) is 4.74 Å². The molecular weight excluding hydrogens is 366 g/mol. The summed E-state index contributed by atoms with van der Waals surface area (Å²) in [5, 5.41) is 28.5. The summed E-state index contributed by atoms with van der Waals surface area (Å²) in [5.41, 5.74) is -0.137. The lowest BCUT2D eigenvalue weighted by Gasteiger charge is -2.16. The molecule has 3 heterocycles. The third-order valence-corrected chi connectivity index (χ3v) is 5.01. The largest absolute Gasteiger partial charge is 0.390 e. The lowest BCUT2D eigenvalue weighted by molar-refractivity contribution is -0.0302. The molecule has 1 aliphatic heterocycles. The predicted octanol–water partition coefficient (Wildman–Crippen LogP) is 0.399. The molecule has 0 aliphatic carbocycles. The van der Waals surface area contributed by atoms with E-state index in [-0.39, 0.29) is 13.0 Å². The van der Waals surface area contributed by atoms with Crippen molar-refractivity contribution >= 4 is 0 Å². The van der Waals surface area contributed by atoms with Gasteiger partial charge in [-0.25, -0.2) is 9.48 Å². The summed E-state index contributed by atoms with van der Waals surface area (Å²) >= 11 is 0. The molecule has 0 saturated carbocycles. The van der Waals surface area contributed by atoms with Gasteiger partial charge in [0.25, 0.3) is 5.56 Å². The second-order valence-electron chi connectivity index (χ2n) is 7.29. The molecule has 1 saturated heterocycles. The molecule has 0 spiro atoms. The zero-order chi connectivity index (χ0) is 20.3. The van der Waals surface area contributed by atoms with Crippen molar-refractivity contribution in [1.29, 1.82) is 0 Å². The molecule has 0 aromatic carbocycles. The minimum Gasteiger partial charge on any atom is -0.390 e. The third kappa shape index (κ3) is 4.57. The van der Waals surface area contributed by atoms with Crippen molar-refractivity contribution in [3.63, 3.8) is 0 Å². The zero-order valence-corrected chi connectivity index (χ0v) is 16.1. The van der Waals surface area contributed by atoms with Crippen LogP contribution in [-0.4, -0.2) is 47.0 Å². The van der Waals surface area contributed by atoms with E-state index in [1.54, 1.807) is 13.1 Å². The van der Waals surface area contributed by atoms with E-state index < -0.39 is 35.8 Å². The van der Waals surface area contributed by atoms with Gasteiger partial charge in [-0.3, -0.25) is 14.3 Å². The van der Waals surface area contributed by atoms with Crippen LogP contribution < -0.4 is 11.2 Å². The number of aliphatic hydroxyl groups excluding tert-OH is 2. The Morgan fingerprint density at radius 1 is 1.36 bits per heavy atom. The highest BCUT2D eigenvalue weighted by atomic mass is 16.5. The summed E-state index contributed by atoms with van der Waals surface area (Å²) in [6, 6.07) is 0. The third-order valence-electron chi connectivity index (χ3n) is 5.01. The molecule has 2 aromatic rings. The van der Waals surface area contributed by atoms with Crippen molar-refractivity contribution in [1.82, 2.24) is 24.5 Å². The Hall–Kier alpha value is -2.30. The Labute approximate surface area is 161 Å². The number of ether oxygens (including phenoxy) is 1. The van der Waals surface area contributed by atoms with E-state index in [0.29, 0.717) is 17.7 Å². The van der Waals surface area contributed by atoms with Crippen molar-refractivity contribution in [2.24, 2.45) is 0 Å². The Morgan fingerprint density at radius 2 is 2.14 bits per heavy atom. The summed E-state index contributed by atoms with van der Waals surface area (Å²) in [5.74, 6) is 0. The molecule has 3 N–H and O–H groups in total. The first-order valence-corrected chi connectivity index (χ1v) is 9.62. The fourth-order valence-corrected chi connectivity index (χ4v) is 3.33. The van der Waals surface area contributed by atoms with Crippen molar-refractivity contribution < 1.29 is 14.9 Å². The molecular formula is C18H27N5O5. The number of aromatic nitrogens is 5. The molecule has 1 unspecified atom stereocenters. The number of nitrogens with one attached hydrogen (secondary N) is 1. The topological polar surface area (TPSA) is 135 Å². The van der Waals surface area contributed by atoms with Crippen LogP contribution in [0, 0.1) is 6.92 Å². The second kappa shape index (κ2) is 8.80. The predicted molar refractivity (Wildman–Crippen MR) is 99.7 cm³/mol. The molecule has 1 fully saturated rings. The summed E-state index contributed by atoms with van der Waals surface area (Å²) in [6.45, 7) is 3.94. The number of aromatic amines is 1. The van der Waals surface area contributed by atoms with Crippen LogP contribution in [0.1, 0.15) is 62.6 Å². The second-order valence-corrected chi connectivity index (χ2v) is 7.29. The number of nitrogens with zero attached hydrogens (tertiary/aromatic N) is 4. The highest BCUT2D eigenvalue weighted by Crippen LogP contribution is 2.28. The molecule has 10 heteroatoms. The molecule has 3 rings (SSSR count). The molecule has 154 valence electrons. The maximum Gasteiger partial charge on any atom is 0.330 e. The van der Waals surface area contributed by atoms with Gasteiger partial charge in [0.2, 0.25) is 0 Å². The van der Waals surface area contributed by atoms with Gasteiger partial charge in [0.1, 0.15) is 18.0 Å². The lowest BCUT2D eigenvalue weighted by atomic mass is 10.1. The lowest BCUT2D eigenvalue weighted by Crippen LogP contribution is -2.33. The highest BCUT2D eigenvalue weighted by molar-refractivity contribution is 5.02. The number of unbranched alkanes of at least 4 members (excludes halogenated alkanes) is 2. The summed E-state index contributed by atoms with van der Waals surface area (Å²) in [4.78, 5) is 25.8. The van der Waals surface area contributed by atoms with Gasteiger partial charge in [-0.15, -0.1) is 5.10 Å². The smallest absolute Gasteiger partial charge is 0.330 e. The first kappa shape index (κ1) is 20.4. The number of rotatable bonds is 8. The molecule has 10 nitrogen and oxygen atoms in total. The maximum absolute atomic E-state index is 12.0. The van der Waals surface area contributed by atoms with E-state index in [1.165, 1.54) is 15.4 Å². The van der Waals surface area contributed by atoms with E-state index in [2.05, 4.69) is 22.2 Å². The maximum atomic E-state index is 12.0. The van der Waals surface area contributed by atoms with Crippen LogP contribution in [0.3, 0.4) is 0 Å². The van der Waals surface area contributed by atoms with Gasteiger partial charge in [-0.2, -0.15) is 0 Å². The quantitative estimate of drug-likeness (QED) is 0.552. The summed E-state index contributed by atoms with van der Waals surface area (Å²) in [7, 11) is 0. The Kier molecular flexibility index (Phi) is 6.42. The van der Waals surface area contributed by atoms with Crippen LogP contribution in [0.4, 0.5) is 0 Å². The zero-order valence-electron chi connectivity index (χ0n) is 16.1. The normalized spacial score (nSPS) is 23.2. The molecule has 28 heavy (non-hydrogen) atoms. The van der Waals surface area contributed by atoms with Crippen LogP contribution in [0.25, 0.3) is 0 Å². The monoisotopic (exact) mass is 393 g/mol. The van der Waals surface area contributed by atoms with E-state index >= 15 is 0 Å². The minimum atomic E-state index is -0.800. The molecule has 4 atom stereocenters. The van der Waals surface area contributed by atoms with Crippen LogP contribution in [0.2, 0.25) is 0 Å². The van der Waals surface area contributed by atoms with Crippen LogP contribution in [0.15, 0.2) is 22.0 Å². The number of hydrogen-bond acceptors (Lipinski definition) is 7. The van der Waals surface area contributed by atoms with Crippen LogP contribution in [0.5, 0.6) is 0 Å². The van der Waals surface area contributed by atoms with Gasteiger partial charge in [0, 0.05) is 18.2 Å². The number of hydrogen-bond donors (Lipinski definition) is 3. The van der Waals surface area contributed by atoms with E-state index in [0.717, 1.165) is 19.3 Å². The van der Waals surface area contributed by atoms with Crippen molar-refractivity contribution in [2.45, 2.75) is 77.0 Å². The summed E-state index contributed by atoms with van der Waals surface area (Å²) < 4.78 is 8.63. The average Bonchev–Trinajstić information content (AvgIpc) is 3.26. The number of aryl methyl sites for hydroxylation is 1. The molecule has 0 bridgehead atoms. The van der Waals surface area contributed by atoms with Crippen molar-refractivity contribution in [3.8, 4) is 0 Å². The highest BCUT2D eigenvalue weighted by Gasteiger charge is 2.36. The average molecular weight is 393 g/mol. The fraction of sp³-hybridized carbons (Fsp3) is 0.667. The van der Waals surface area contributed by atoms with Crippen molar-refractivity contribution in [2.75, 3.05) is 0 Å². The first-order valence-electron chi connectivity index (χ1n) is 9.62. The van der Waals surface area contributed by atoms with Gasteiger partial charge in [-0.1, -0.05) is 31.4 Å². The minimum absolute atomic E-state index is 0.219. The molecule has 2 aromatic heterocycles. The Balaban J connectivity index is 1.64. The van der Waals surface area contributed by atoms with E-state index in [9.17, 15) is 19.8 Å². The summed E-state index contributed by atoms with van der Waals surface area (Å²) in [6.07, 6.45) is 4.26. The molecule has 0 radical (unpaired) electrons. The standard InChI is InChI=1S/C18H27N5O5/c1-3-4-5-6-13(24)12-9-22(21-20-12)10-15-14(25)7-16(28-15)23-8-11(2)17(26)19-18(23)27/h8-9,13-16,24-25H,3-7,10H2,1-2H3,(H,19,26,27)/t13-,14?,15+,16+/m0/s1. The Morgan fingerprint density at radius 3 is 2.89 bits per heavy atom. The number of H-pyrrole nitrogens is 1. The SMILES string of the molecule is CCCCC[C@H](O)c1cn(C[C@H]2O[C@@H](n3cc(C)c(=O)[nH]c3=O)CC2O)nn1.